The van der Waals surface area contributed by atoms with Crippen molar-refractivity contribution in [1.82, 2.24) is 4.72 Å². The Balaban J connectivity index is 2.70. The van der Waals surface area contributed by atoms with Gasteiger partial charge in [-0.1, -0.05) is 0 Å². The molecule has 1 aromatic carbocycles. The summed E-state index contributed by atoms with van der Waals surface area (Å²) in [6, 6.07) is 5.72. The highest BCUT2D eigenvalue weighted by Crippen LogP contribution is 2.42. The van der Waals surface area contributed by atoms with Crippen molar-refractivity contribution in [3.8, 4) is 11.8 Å². The zero-order chi connectivity index (χ0) is 22.3. The Morgan fingerprint density at radius 1 is 1.34 bits per heavy atom. The molecule has 0 bridgehead atoms. The van der Waals surface area contributed by atoms with Crippen LogP contribution in [0.1, 0.15) is 46.6 Å². The summed E-state index contributed by atoms with van der Waals surface area (Å²) in [4.78, 5) is 10.7. The number of benzene rings is 1. The molecule has 11 heteroatoms. The number of nitrogens with zero attached hydrogens (tertiary/aromatic N) is 2. The maximum absolute atomic E-state index is 13.1. The summed E-state index contributed by atoms with van der Waals surface area (Å²) in [7, 11) is -4.02. The van der Waals surface area contributed by atoms with E-state index in [1.54, 1.807) is 26.8 Å². The molecule has 160 valence electrons. The number of rotatable bonds is 6. The van der Waals surface area contributed by atoms with E-state index >= 15 is 0 Å². The summed E-state index contributed by atoms with van der Waals surface area (Å²) < 4.78 is 45.2. The van der Waals surface area contributed by atoms with Gasteiger partial charge in [-0.25, -0.2) is 8.42 Å². The number of hydrogen-bond acceptors (Lipinski definition) is 8. The van der Waals surface area contributed by atoms with E-state index in [0.717, 1.165) is 0 Å². The molecule has 1 aliphatic heterocycles. The lowest BCUT2D eigenvalue weighted by atomic mass is 9.87. The van der Waals surface area contributed by atoms with Gasteiger partial charge in [-0.2, -0.15) is 5.26 Å². The highest BCUT2D eigenvalue weighted by Gasteiger charge is 2.50. The molecule has 0 saturated carbocycles. The van der Waals surface area contributed by atoms with Gasteiger partial charge >= 0.3 is 0 Å². The lowest BCUT2D eigenvalue weighted by Gasteiger charge is -2.41. The molecule has 2 rings (SSSR count). The lowest BCUT2D eigenvalue weighted by molar-refractivity contribution is -0.385. The van der Waals surface area contributed by atoms with E-state index in [9.17, 15) is 28.3 Å². The molecule has 0 aliphatic carbocycles. The lowest BCUT2D eigenvalue weighted by Crippen LogP contribution is -2.58. The number of ether oxygens (including phenoxy) is 1. The van der Waals surface area contributed by atoms with E-state index in [0.29, 0.717) is 0 Å². The molecular weight excluding hydrogens is 418 g/mol. The van der Waals surface area contributed by atoms with Crippen LogP contribution in [0.25, 0.3) is 0 Å². The fourth-order valence-electron chi connectivity index (χ4n) is 2.79. The molecule has 0 spiro atoms. The van der Waals surface area contributed by atoms with Gasteiger partial charge in [0.2, 0.25) is 0 Å². The van der Waals surface area contributed by atoms with Crippen LogP contribution in [0.2, 0.25) is 0 Å². The van der Waals surface area contributed by atoms with Crippen LogP contribution in [0.5, 0.6) is 5.75 Å². The van der Waals surface area contributed by atoms with Crippen molar-refractivity contribution in [1.29, 1.82) is 5.26 Å². The van der Waals surface area contributed by atoms with Gasteiger partial charge in [0.1, 0.15) is 16.0 Å². The molecule has 1 aromatic rings. The Morgan fingerprint density at radius 3 is 2.48 bits per heavy atom. The molecule has 0 radical (unpaired) electrons. The third kappa shape index (κ3) is 4.66. The maximum Gasteiger partial charge on any atom is 0.270 e. The van der Waals surface area contributed by atoms with E-state index in [1.165, 1.54) is 32.0 Å². The average molecular weight is 444 g/mol. The predicted molar refractivity (Wildman–Crippen MR) is 109 cm³/mol. The normalized spacial score (nSPS) is 20.9. The van der Waals surface area contributed by atoms with Gasteiger partial charge in [0.15, 0.2) is 14.6 Å². The monoisotopic (exact) mass is 443 g/mol. The van der Waals surface area contributed by atoms with Gasteiger partial charge in [-0.3, -0.25) is 10.1 Å². The van der Waals surface area contributed by atoms with Crippen molar-refractivity contribution < 1.29 is 22.6 Å². The third-order valence-electron chi connectivity index (χ3n) is 4.80. The fraction of sp³-hybridized carbons (Fsp3) is 0.611. The van der Waals surface area contributed by atoms with Crippen molar-refractivity contribution in [2.75, 3.05) is 12.4 Å². The van der Waals surface area contributed by atoms with Gasteiger partial charge in [0.25, 0.3) is 5.69 Å². The second kappa shape index (κ2) is 7.75. The summed E-state index contributed by atoms with van der Waals surface area (Å²) >= 11 is -1.68. The Labute approximate surface area is 173 Å². The van der Waals surface area contributed by atoms with Crippen LogP contribution in [0.15, 0.2) is 18.2 Å². The molecule has 1 unspecified atom stereocenters. The Hall–Kier alpha value is -1.87. The molecule has 1 heterocycles. The molecule has 29 heavy (non-hydrogen) atoms. The largest absolute Gasteiger partial charge is 0.598 e. The minimum absolute atomic E-state index is 0.115. The number of hydrogen-bond donors (Lipinski definition) is 1. The molecule has 1 aliphatic rings. The zero-order valence-corrected chi connectivity index (χ0v) is 18.6. The van der Waals surface area contributed by atoms with E-state index in [-0.39, 0.29) is 30.0 Å². The zero-order valence-electron chi connectivity index (χ0n) is 17.0. The third-order valence-corrected chi connectivity index (χ3v) is 9.01. The van der Waals surface area contributed by atoms with Crippen LogP contribution < -0.4 is 9.46 Å². The van der Waals surface area contributed by atoms with Crippen LogP contribution in [0.4, 0.5) is 5.69 Å². The minimum Gasteiger partial charge on any atom is -0.598 e. The van der Waals surface area contributed by atoms with Gasteiger partial charge in [0.05, 0.1) is 23.4 Å². The number of non-ortho nitro benzene ring substituents is 1. The first-order chi connectivity index (χ1) is 13.2. The van der Waals surface area contributed by atoms with Crippen molar-refractivity contribution in [3.05, 3.63) is 33.9 Å². The predicted octanol–water partition coefficient (Wildman–Crippen LogP) is 2.34. The first kappa shape index (κ1) is 23.4. The van der Waals surface area contributed by atoms with Gasteiger partial charge in [-0.05, 0) is 40.7 Å². The highest BCUT2D eigenvalue weighted by molar-refractivity contribution is 7.93. The number of sulfone groups is 1. The van der Waals surface area contributed by atoms with Gasteiger partial charge < -0.3 is 9.29 Å². The van der Waals surface area contributed by atoms with Crippen molar-refractivity contribution in [2.45, 2.75) is 56.1 Å². The van der Waals surface area contributed by atoms with Crippen LogP contribution in [-0.2, 0) is 26.7 Å². The second-order valence-electron chi connectivity index (χ2n) is 8.48. The second-order valence-corrected chi connectivity index (χ2v) is 13.0. The number of nitro groups is 1. The van der Waals surface area contributed by atoms with Crippen molar-refractivity contribution in [3.63, 3.8) is 0 Å². The number of nitro benzene ring substituents is 1. The molecule has 1 N–H and O–H groups in total. The highest BCUT2D eigenvalue weighted by atomic mass is 32.2. The number of nitriles is 1. The molecule has 2 atom stereocenters. The van der Waals surface area contributed by atoms with Gasteiger partial charge in [0, 0.05) is 35.5 Å². The van der Waals surface area contributed by atoms with E-state index in [1.807, 2.05) is 0 Å². The Morgan fingerprint density at radius 2 is 1.97 bits per heavy atom. The molecular formula is C18H25N3O6S2. The quantitative estimate of drug-likeness (QED) is 0.400. The summed E-state index contributed by atoms with van der Waals surface area (Å²) in [5.74, 6) is -0.273. The summed E-state index contributed by atoms with van der Waals surface area (Å²) in [6.07, 6.45) is 0.115. The topological polar surface area (TPSA) is 145 Å². The van der Waals surface area contributed by atoms with E-state index in [2.05, 4.69) is 4.72 Å². The maximum atomic E-state index is 13.1. The Bertz CT molecular complexity index is 949. The van der Waals surface area contributed by atoms with Gasteiger partial charge in [-0.15, -0.1) is 4.72 Å². The van der Waals surface area contributed by atoms with E-state index < -0.39 is 46.9 Å². The van der Waals surface area contributed by atoms with Crippen LogP contribution >= 0.6 is 0 Å². The summed E-state index contributed by atoms with van der Waals surface area (Å²) in [6.45, 7) is 7.90. The smallest absolute Gasteiger partial charge is 0.270 e. The molecule has 0 fully saturated rings. The van der Waals surface area contributed by atoms with Crippen LogP contribution in [0, 0.1) is 21.4 Å². The number of fused-ring (bicyclic) bond motifs is 1. The first-order valence-corrected chi connectivity index (χ1v) is 11.7. The summed E-state index contributed by atoms with van der Waals surface area (Å²) in [5, 5.41) is 20.6. The molecule has 9 nitrogen and oxygen atoms in total. The van der Waals surface area contributed by atoms with Crippen molar-refractivity contribution >= 4 is 26.9 Å². The minimum atomic E-state index is -4.02. The number of nitrogens with one attached hydrogen (secondary N) is 1. The van der Waals surface area contributed by atoms with Crippen molar-refractivity contribution in [2.24, 2.45) is 0 Å². The fourth-order valence-corrected chi connectivity index (χ4v) is 5.35. The Kier molecular flexibility index (Phi) is 6.26. The summed E-state index contributed by atoms with van der Waals surface area (Å²) in [5.41, 5.74) is -1.41. The molecule has 0 amide bonds. The SMILES string of the molecule is CC(C)(C)[S+]([O-])N[C@]1(CS(=O)(=O)C(C)(C)C#N)CCOc2ccc([N+](=O)[O-])cc21. The average Bonchev–Trinajstić information content (AvgIpc) is 2.60. The molecule has 0 aromatic heterocycles. The standard InChI is InChI=1S/C18H25N3O6S2/c1-16(2,3)28(24)20-18(12-29(25,26)17(4,5)11-19)8-9-27-15-7-6-13(21(22)23)10-14(15)18/h6-7,10,20H,8-9,12H2,1-5H3/t18-,28?/m0/s1. The first-order valence-electron chi connectivity index (χ1n) is 8.90. The van der Waals surface area contributed by atoms with Crippen LogP contribution in [-0.4, -0.2) is 39.7 Å². The van der Waals surface area contributed by atoms with E-state index in [4.69, 9.17) is 4.74 Å². The van der Waals surface area contributed by atoms with Crippen LogP contribution in [0.3, 0.4) is 0 Å². The molecule has 0 saturated heterocycles.